The number of rotatable bonds is 0. The maximum atomic E-state index is 8.62. The summed E-state index contributed by atoms with van der Waals surface area (Å²) in [5, 5.41) is 0. The monoisotopic (exact) mass is 257 g/mol. The summed E-state index contributed by atoms with van der Waals surface area (Å²) in [5.74, 6) is 0. The third-order valence-electron chi connectivity index (χ3n) is 0. The van der Waals surface area contributed by atoms with E-state index in [0.717, 1.165) is 0 Å². The Hall–Kier alpha value is -0.151. The fraction of sp³-hybridized carbons (Fsp3) is 0. The van der Waals surface area contributed by atoms with E-state index in [4.69, 9.17) is 14.0 Å². The van der Waals surface area contributed by atoms with Gasteiger partial charge < -0.3 is 0 Å². The molecule has 0 rings (SSSR count). The van der Waals surface area contributed by atoms with Gasteiger partial charge in [-0.25, -0.2) is 0 Å². The molecule has 0 atom stereocenters. The van der Waals surface area contributed by atoms with Gasteiger partial charge in [-0.1, -0.05) is 0 Å². The van der Waals surface area contributed by atoms with E-state index in [0.29, 0.717) is 0 Å². The molecular formula is IrO4. The topological polar surface area (TPSA) is 68.3 Å². The van der Waals surface area contributed by atoms with Crippen molar-refractivity contribution in [3.8, 4) is 0 Å². The van der Waals surface area contributed by atoms with Crippen molar-refractivity contribution in [2.24, 2.45) is 0 Å². The van der Waals surface area contributed by atoms with Gasteiger partial charge in [0.05, 0.1) is 0 Å². The van der Waals surface area contributed by atoms with Crippen LogP contribution in [0.2, 0.25) is 0 Å². The van der Waals surface area contributed by atoms with E-state index in [-0.39, 0.29) is 0 Å². The fourth-order valence-electron chi connectivity index (χ4n) is 0. The van der Waals surface area contributed by atoms with E-state index in [1.54, 1.807) is 0 Å². The van der Waals surface area contributed by atoms with Crippen LogP contribution in [0.5, 0.6) is 0 Å². The van der Waals surface area contributed by atoms with Gasteiger partial charge in [-0.3, -0.25) is 0 Å². The first kappa shape index (κ1) is 4.85. The molecule has 0 aliphatic heterocycles. The van der Waals surface area contributed by atoms with Crippen LogP contribution in [-0.2, 0) is 29.1 Å². The molecule has 0 N–H and O–H groups in total. The molecular weight excluding hydrogens is 256 g/mol. The molecule has 0 saturated heterocycles. The molecule has 0 radical (unpaired) electrons. The van der Waals surface area contributed by atoms with Crippen molar-refractivity contribution < 1.29 is 29.1 Å². The van der Waals surface area contributed by atoms with Crippen LogP contribution in [0.4, 0.5) is 0 Å². The van der Waals surface area contributed by atoms with Crippen molar-refractivity contribution in [2.75, 3.05) is 0 Å². The van der Waals surface area contributed by atoms with Gasteiger partial charge in [0, 0.05) is 0 Å². The molecule has 4 nitrogen and oxygen atoms in total. The molecule has 0 aliphatic rings. The second kappa shape index (κ2) is 0.913. The van der Waals surface area contributed by atoms with Crippen molar-refractivity contribution in [3.63, 3.8) is 0 Å². The van der Waals surface area contributed by atoms with Gasteiger partial charge in [0.25, 0.3) is 0 Å². The van der Waals surface area contributed by atoms with Crippen LogP contribution in [0, 0.1) is 0 Å². The van der Waals surface area contributed by atoms with E-state index in [9.17, 15) is 0 Å². The Bertz CT molecular complexity index is 155. The number of hydrogen-bond donors (Lipinski definition) is 0. The zero-order chi connectivity index (χ0) is 4.50. The molecule has 0 bridgehead atoms. The fourth-order valence-corrected chi connectivity index (χ4v) is 0. The Morgan fingerprint density at radius 1 is 0.800 bits per heavy atom. The Balaban J connectivity index is 6.05. The van der Waals surface area contributed by atoms with Crippen LogP contribution < -0.4 is 0 Å². The third kappa shape index (κ3) is 580. The van der Waals surface area contributed by atoms with E-state index in [2.05, 4.69) is 0 Å². The normalized spacial score (nSPS) is 11.2. The Labute approximate surface area is 29.9 Å². The minimum absolute atomic E-state index is 6.00. The van der Waals surface area contributed by atoms with Crippen LogP contribution >= 0.6 is 0 Å². The maximum absolute atomic E-state index is 8.62. The molecule has 5 heteroatoms. The van der Waals surface area contributed by atoms with Crippen molar-refractivity contribution >= 4 is 0 Å². The molecule has 0 unspecified atom stereocenters. The summed E-state index contributed by atoms with van der Waals surface area (Å²) in [4.78, 5) is 0. The zero-order valence-corrected chi connectivity index (χ0v) is 4.36. The van der Waals surface area contributed by atoms with Crippen LogP contribution in [0.1, 0.15) is 0 Å². The minimum atomic E-state index is -6.00. The Morgan fingerprint density at radius 2 is 0.800 bits per heavy atom. The van der Waals surface area contributed by atoms with Crippen molar-refractivity contribution in [2.45, 2.75) is 0 Å². The van der Waals surface area contributed by atoms with Crippen LogP contribution in [-0.4, -0.2) is 0 Å². The van der Waals surface area contributed by atoms with Gasteiger partial charge in [0.1, 0.15) is 0 Å². The molecule has 5 heavy (non-hydrogen) atoms. The van der Waals surface area contributed by atoms with E-state index >= 15 is 0 Å². The van der Waals surface area contributed by atoms with Gasteiger partial charge in [-0.05, 0) is 0 Å². The summed E-state index contributed by atoms with van der Waals surface area (Å²) in [6.07, 6.45) is 0. The summed E-state index contributed by atoms with van der Waals surface area (Å²) in [6, 6.07) is 0. The standard InChI is InChI=1S/Ir.4O. The first-order valence-electron chi connectivity index (χ1n) is 0.544. The van der Waals surface area contributed by atoms with Gasteiger partial charge in [-0.2, -0.15) is 0 Å². The van der Waals surface area contributed by atoms with Crippen molar-refractivity contribution in [1.29, 1.82) is 0 Å². The molecule has 0 aromatic heterocycles. The van der Waals surface area contributed by atoms with E-state index < -0.39 is 15.1 Å². The summed E-state index contributed by atoms with van der Waals surface area (Å²) in [5.41, 5.74) is 0. The molecule has 0 heterocycles. The van der Waals surface area contributed by atoms with E-state index in [1.807, 2.05) is 0 Å². The van der Waals surface area contributed by atoms with Gasteiger partial charge in [0.15, 0.2) is 0 Å². The molecule has 0 saturated carbocycles. The van der Waals surface area contributed by atoms with Gasteiger partial charge in [0.2, 0.25) is 0 Å². The van der Waals surface area contributed by atoms with Gasteiger partial charge in [-0.15, -0.1) is 0 Å². The van der Waals surface area contributed by atoms with Crippen molar-refractivity contribution in [1.82, 2.24) is 0 Å². The second-order valence-corrected chi connectivity index (χ2v) is 2.73. The van der Waals surface area contributed by atoms with Crippen molar-refractivity contribution in [3.05, 3.63) is 0 Å². The summed E-state index contributed by atoms with van der Waals surface area (Å²) < 4.78 is 34.5. The van der Waals surface area contributed by atoms with Crippen LogP contribution in [0.15, 0.2) is 0 Å². The quantitative estimate of drug-likeness (QED) is 0.587. The predicted molar refractivity (Wildman–Crippen MR) is 2.75 cm³/mol. The molecule has 0 fully saturated rings. The SMILES string of the molecule is [O]=[Ir](=[O])(=[O])=[O]. The average Bonchev–Trinajstić information content (AvgIpc) is 0.722. The first-order valence-corrected chi connectivity index (χ1v) is 4.46. The van der Waals surface area contributed by atoms with E-state index in [1.165, 1.54) is 0 Å². The number of hydrogen-bond acceptors (Lipinski definition) is 4. The first-order chi connectivity index (χ1) is 2.00. The molecule has 0 spiro atoms. The summed E-state index contributed by atoms with van der Waals surface area (Å²) in [7, 11) is 0. The average molecular weight is 256 g/mol. The summed E-state index contributed by atoms with van der Waals surface area (Å²) >= 11 is -6.00. The molecule has 0 aromatic carbocycles. The predicted octanol–water partition coefficient (Wildman–Crippen LogP) is -0.478. The van der Waals surface area contributed by atoms with Crippen LogP contribution in [0.25, 0.3) is 0 Å². The van der Waals surface area contributed by atoms with Gasteiger partial charge >= 0.3 is 29.1 Å². The zero-order valence-electron chi connectivity index (χ0n) is 1.97. The molecule has 0 amide bonds. The molecule has 0 aliphatic carbocycles. The van der Waals surface area contributed by atoms with Crippen LogP contribution in [0.3, 0.4) is 0 Å². The second-order valence-electron chi connectivity index (χ2n) is 0.333. The third-order valence-corrected chi connectivity index (χ3v) is 0. The molecule has 33 valence electrons. The Kier molecular flexibility index (Phi) is 0.886. The Morgan fingerprint density at radius 3 is 0.800 bits per heavy atom. The molecule has 0 aromatic rings. The summed E-state index contributed by atoms with van der Waals surface area (Å²) in [6.45, 7) is 0.